The maximum Gasteiger partial charge on any atom is 0.0590 e. The third kappa shape index (κ3) is 5.61. The first-order valence-electron chi connectivity index (χ1n) is 6.22. The van der Waals surface area contributed by atoms with Crippen molar-refractivity contribution in [3.8, 4) is 0 Å². The van der Waals surface area contributed by atoms with Gasteiger partial charge in [0.15, 0.2) is 0 Å². The molecule has 2 nitrogen and oxygen atoms in total. The minimum absolute atomic E-state index is 0.882. The summed E-state index contributed by atoms with van der Waals surface area (Å²) in [7, 11) is 0. The average molecular weight is 199 g/mol. The van der Waals surface area contributed by atoms with Crippen LogP contribution in [-0.4, -0.2) is 26.3 Å². The van der Waals surface area contributed by atoms with Crippen LogP contribution in [0.1, 0.15) is 45.4 Å². The van der Waals surface area contributed by atoms with Crippen molar-refractivity contribution < 1.29 is 4.74 Å². The number of hydrogen-bond acceptors (Lipinski definition) is 2. The Hall–Kier alpha value is -0.0800. The molecular weight excluding hydrogens is 174 g/mol. The van der Waals surface area contributed by atoms with Crippen molar-refractivity contribution in [2.24, 2.45) is 5.92 Å². The molecule has 0 bridgehead atoms. The molecule has 0 atom stereocenters. The maximum atomic E-state index is 5.48. The molecule has 1 aliphatic rings. The zero-order valence-electron chi connectivity index (χ0n) is 9.56. The van der Waals surface area contributed by atoms with Crippen LogP contribution in [0.3, 0.4) is 0 Å². The highest BCUT2D eigenvalue weighted by atomic mass is 16.5. The quantitative estimate of drug-likeness (QED) is 0.607. The van der Waals surface area contributed by atoms with Crippen LogP contribution in [0.25, 0.3) is 0 Å². The van der Waals surface area contributed by atoms with Crippen molar-refractivity contribution in [2.45, 2.75) is 45.4 Å². The first-order valence-corrected chi connectivity index (χ1v) is 6.22. The second-order valence-corrected chi connectivity index (χ2v) is 4.32. The summed E-state index contributed by atoms with van der Waals surface area (Å²) in [6, 6.07) is 0. The summed E-state index contributed by atoms with van der Waals surface area (Å²) in [6.45, 7) is 6.24. The van der Waals surface area contributed by atoms with Crippen LogP contribution in [-0.2, 0) is 4.74 Å². The molecule has 0 aromatic heterocycles. The predicted octanol–water partition coefficient (Wildman–Crippen LogP) is 2.58. The zero-order chi connectivity index (χ0) is 10.1. The minimum Gasteiger partial charge on any atom is -0.380 e. The molecule has 14 heavy (non-hydrogen) atoms. The summed E-state index contributed by atoms with van der Waals surface area (Å²) in [5.41, 5.74) is 0. The Balaban J connectivity index is 1.75. The van der Waals surface area contributed by atoms with Crippen LogP contribution < -0.4 is 5.32 Å². The topological polar surface area (TPSA) is 21.3 Å². The molecule has 0 aromatic carbocycles. The summed E-state index contributed by atoms with van der Waals surface area (Å²) in [5, 5.41) is 3.48. The van der Waals surface area contributed by atoms with E-state index in [0.717, 1.165) is 25.7 Å². The van der Waals surface area contributed by atoms with Gasteiger partial charge in [0.2, 0.25) is 0 Å². The van der Waals surface area contributed by atoms with Crippen LogP contribution >= 0.6 is 0 Å². The van der Waals surface area contributed by atoms with Gasteiger partial charge >= 0.3 is 0 Å². The van der Waals surface area contributed by atoms with Crippen LogP contribution in [0.4, 0.5) is 0 Å². The standard InChI is InChI=1S/C12H25NO/c1-2-3-9-14-10-8-13-11-12-6-4-5-7-12/h12-13H,2-11H2,1H3. The monoisotopic (exact) mass is 199 g/mol. The number of rotatable bonds is 8. The van der Waals surface area contributed by atoms with E-state index in [-0.39, 0.29) is 0 Å². The lowest BCUT2D eigenvalue weighted by atomic mass is 10.1. The van der Waals surface area contributed by atoms with Crippen molar-refractivity contribution in [1.82, 2.24) is 5.32 Å². The van der Waals surface area contributed by atoms with E-state index in [2.05, 4.69) is 12.2 Å². The Morgan fingerprint density at radius 2 is 2.00 bits per heavy atom. The van der Waals surface area contributed by atoms with Crippen LogP contribution in [0.15, 0.2) is 0 Å². The van der Waals surface area contributed by atoms with Gasteiger partial charge in [0, 0.05) is 13.2 Å². The van der Waals surface area contributed by atoms with Crippen molar-refractivity contribution in [3.05, 3.63) is 0 Å². The number of hydrogen-bond donors (Lipinski definition) is 1. The van der Waals surface area contributed by atoms with E-state index in [9.17, 15) is 0 Å². The third-order valence-corrected chi connectivity index (χ3v) is 2.97. The van der Waals surface area contributed by atoms with Gasteiger partial charge in [0.25, 0.3) is 0 Å². The van der Waals surface area contributed by atoms with Crippen LogP contribution in [0.2, 0.25) is 0 Å². The van der Waals surface area contributed by atoms with Crippen molar-refractivity contribution in [3.63, 3.8) is 0 Å². The molecule has 0 aliphatic heterocycles. The van der Waals surface area contributed by atoms with Crippen molar-refractivity contribution in [2.75, 3.05) is 26.3 Å². The number of nitrogens with one attached hydrogen (secondary N) is 1. The Kier molecular flexibility index (Phi) is 7.06. The fraction of sp³-hybridized carbons (Fsp3) is 1.00. The Morgan fingerprint density at radius 3 is 2.71 bits per heavy atom. The first kappa shape index (κ1) is 12.0. The zero-order valence-corrected chi connectivity index (χ0v) is 9.56. The number of ether oxygens (including phenoxy) is 1. The molecule has 1 N–H and O–H groups in total. The van der Waals surface area contributed by atoms with Crippen LogP contribution in [0, 0.1) is 5.92 Å². The van der Waals surface area contributed by atoms with E-state index in [0.29, 0.717) is 0 Å². The summed E-state index contributed by atoms with van der Waals surface area (Å²) >= 11 is 0. The normalized spacial score (nSPS) is 17.8. The highest BCUT2D eigenvalue weighted by molar-refractivity contribution is 4.69. The van der Waals surface area contributed by atoms with E-state index in [1.54, 1.807) is 0 Å². The van der Waals surface area contributed by atoms with E-state index < -0.39 is 0 Å². The van der Waals surface area contributed by atoms with E-state index >= 15 is 0 Å². The molecule has 0 saturated heterocycles. The van der Waals surface area contributed by atoms with Gasteiger partial charge < -0.3 is 10.1 Å². The predicted molar refractivity (Wildman–Crippen MR) is 60.6 cm³/mol. The van der Waals surface area contributed by atoms with E-state index in [1.807, 2.05) is 0 Å². The fourth-order valence-corrected chi connectivity index (χ4v) is 2.01. The van der Waals surface area contributed by atoms with Gasteiger partial charge in [-0.1, -0.05) is 26.2 Å². The van der Waals surface area contributed by atoms with Gasteiger partial charge in [-0.3, -0.25) is 0 Å². The lowest BCUT2D eigenvalue weighted by molar-refractivity contribution is 0.132. The van der Waals surface area contributed by atoms with Crippen molar-refractivity contribution >= 4 is 0 Å². The molecule has 1 fully saturated rings. The summed E-state index contributed by atoms with van der Waals surface area (Å²) in [4.78, 5) is 0. The van der Waals surface area contributed by atoms with Gasteiger partial charge in [-0.25, -0.2) is 0 Å². The molecule has 0 aromatic rings. The Morgan fingerprint density at radius 1 is 1.21 bits per heavy atom. The molecule has 1 rings (SSSR count). The second-order valence-electron chi connectivity index (χ2n) is 4.32. The first-order chi connectivity index (χ1) is 6.93. The maximum absolute atomic E-state index is 5.48. The molecular formula is C12H25NO. The molecule has 0 unspecified atom stereocenters. The third-order valence-electron chi connectivity index (χ3n) is 2.97. The summed E-state index contributed by atoms with van der Waals surface area (Å²) in [6.07, 6.45) is 8.18. The lowest BCUT2D eigenvalue weighted by Gasteiger charge is -2.10. The molecule has 0 amide bonds. The Labute approximate surface area is 88.4 Å². The van der Waals surface area contributed by atoms with Crippen LogP contribution in [0.5, 0.6) is 0 Å². The molecule has 0 spiro atoms. The second kappa shape index (κ2) is 8.25. The van der Waals surface area contributed by atoms with Crippen molar-refractivity contribution in [1.29, 1.82) is 0 Å². The van der Waals surface area contributed by atoms with E-state index in [4.69, 9.17) is 4.74 Å². The highest BCUT2D eigenvalue weighted by Crippen LogP contribution is 2.23. The molecule has 0 heterocycles. The lowest BCUT2D eigenvalue weighted by Crippen LogP contribution is -2.25. The van der Waals surface area contributed by atoms with E-state index in [1.165, 1.54) is 45.1 Å². The molecule has 2 heteroatoms. The number of unbranched alkanes of at least 4 members (excludes halogenated alkanes) is 1. The van der Waals surface area contributed by atoms with Gasteiger partial charge in [0.05, 0.1) is 6.61 Å². The minimum atomic E-state index is 0.882. The SMILES string of the molecule is CCCCOCCNCC1CCCC1. The molecule has 1 saturated carbocycles. The van der Waals surface area contributed by atoms with Gasteiger partial charge in [-0.2, -0.15) is 0 Å². The smallest absolute Gasteiger partial charge is 0.0590 e. The largest absolute Gasteiger partial charge is 0.380 e. The summed E-state index contributed by atoms with van der Waals surface area (Å²) in [5.74, 6) is 0.950. The fourth-order valence-electron chi connectivity index (χ4n) is 2.01. The molecule has 0 radical (unpaired) electrons. The van der Waals surface area contributed by atoms with Gasteiger partial charge in [-0.15, -0.1) is 0 Å². The molecule has 1 aliphatic carbocycles. The highest BCUT2D eigenvalue weighted by Gasteiger charge is 2.13. The molecule has 84 valence electrons. The van der Waals surface area contributed by atoms with Gasteiger partial charge in [0.1, 0.15) is 0 Å². The summed E-state index contributed by atoms with van der Waals surface area (Å²) < 4.78 is 5.48. The average Bonchev–Trinajstić information content (AvgIpc) is 2.69. The van der Waals surface area contributed by atoms with Gasteiger partial charge in [-0.05, 0) is 31.7 Å². The Bertz CT molecular complexity index is 121.